The predicted molar refractivity (Wildman–Crippen MR) is 266 cm³/mol. The molecule has 0 spiro atoms. The molecule has 1 aliphatic rings. The molecule has 0 saturated carbocycles. The van der Waals surface area contributed by atoms with Crippen LogP contribution in [0.5, 0.6) is 0 Å². The van der Waals surface area contributed by atoms with E-state index in [9.17, 15) is 34.5 Å². The van der Waals surface area contributed by atoms with Gasteiger partial charge in [-0.1, -0.05) is 164 Å². The number of hydrogen-bond acceptors (Lipinski definition) is 11. The Kier molecular flexibility index (Phi) is 39.7. The van der Waals surface area contributed by atoms with Gasteiger partial charge in [-0.05, 0) is 89.9 Å². The van der Waals surface area contributed by atoms with E-state index in [0.717, 1.165) is 103 Å². The van der Waals surface area contributed by atoms with Gasteiger partial charge in [0, 0.05) is 19.3 Å². The zero-order chi connectivity index (χ0) is 49.0. The number of aliphatic carboxylic acids is 1. The molecular formula is C55H90O12. The quantitative estimate of drug-likeness (QED) is 0.0229. The average molecular weight is 943 g/mol. The maximum absolute atomic E-state index is 13.1. The lowest BCUT2D eigenvalue weighted by Crippen LogP contribution is -2.61. The fourth-order valence-electron chi connectivity index (χ4n) is 7.24. The van der Waals surface area contributed by atoms with Gasteiger partial charge in [0.2, 0.25) is 0 Å². The summed E-state index contributed by atoms with van der Waals surface area (Å²) in [4.78, 5) is 50.7. The first-order valence-electron chi connectivity index (χ1n) is 25.9. The second-order valence-electron chi connectivity index (χ2n) is 17.4. The standard InChI is InChI=1S/C55H90O12/c1-4-7-10-13-16-19-22-24-27-29-32-35-38-41-47(56)63-44-46(65-48(57)42-39-36-33-31-28-25-23-20-17-14-11-8-5-2)45-64-55-53(51(60)50(59)52(67-55)54(61)62)66-49(58)43-40-37-34-30-26-21-18-15-12-9-6-3/h7,10,15-16,18-20,23-24,27,32,35,46,50-53,55,59-60H,4-6,8-9,11-14,17,21-22,25-26,28-31,33-34,36-45H2,1-3H3,(H,61,62)/b10-7-,18-15-,19-16-,23-20-,27-24-,35-32-. The summed E-state index contributed by atoms with van der Waals surface area (Å²) in [6, 6.07) is 0. The Hall–Kier alpha value is -3.84. The van der Waals surface area contributed by atoms with Crippen molar-refractivity contribution < 1.29 is 58.2 Å². The number of hydrogen-bond donors (Lipinski definition) is 3. The van der Waals surface area contributed by atoms with Gasteiger partial charge >= 0.3 is 23.9 Å². The van der Waals surface area contributed by atoms with E-state index in [1.165, 1.54) is 38.5 Å². The smallest absolute Gasteiger partial charge is 0.335 e. The Morgan fingerprint density at radius 1 is 0.507 bits per heavy atom. The third-order valence-corrected chi connectivity index (χ3v) is 11.3. The minimum Gasteiger partial charge on any atom is -0.479 e. The van der Waals surface area contributed by atoms with E-state index in [-0.39, 0.29) is 25.9 Å². The molecule has 3 N–H and O–H groups in total. The number of carbonyl (C=O) groups is 4. The van der Waals surface area contributed by atoms with Crippen molar-refractivity contribution in [3.63, 3.8) is 0 Å². The van der Waals surface area contributed by atoms with Crippen molar-refractivity contribution in [3.05, 3.63) is 72.9 Å². The summed E-state index contributed by atoms with van der Waals surface area (Å²) in [5, 5.41) is 31.3. The van der Waals surface area contributed by atoms with Crippen LogP contribution >= 0.6 is 0 Å². The zero-order valence-corrected chi connectivity index (χ0v) is 41.6. The monoisotopic (exact) mass is 943 g/mol. The average Bonchev–Trinajstić information content (AvgIpc) is 3.31. The van der Waals surface area contributed by atoms with Crippen molar-refractivity contribution in [2.45, 2.75) is 237 Å². The Labute approximate surface area is 404 Å². The Balaban J connectivity index is 2.80. The lowest BCUT2D eigenvalue weighted by molar-refractivity contribution is -0.301. The number of unbranched alkanes of at least 4 members (excludes halogenated alkanes) is 16. The van der Waals surface area contributed by atoms with Gasteiger partial charge < -0.3 is 39.0 Å². The largest absolute Gasteiger partial charge is 0.479 e. The van der Waals surface area contributed by atoms with Crippen LogP contribution in [0.1, 0.15) is 201 Å². The van der Waals surface area contributed by atoms with Gasteiger partial charge in [-0.2, -0.15) is 0 Å². The summed E-state index contributed by atoms with van der Waals surface area (Å²) in [5.41, 5.74) is 0. The number of aliphatic hydroxyl groups is 2. The third kappa shape index (κ3) is 34.2. The highest BCUT2D eigenvalue weighted by Gasteiger charge is 2.50. The number of carboxylic acids is 1. The van der Waals surface area contributed by atoms with E-state index >= 15 is 0 Å². The van der Waals surface area contributed by atoms with Crippen LogP contribution in [-0.2, 0) is 42.9 Å². The summed E-state index contributed by atoms with van der Waals surface area (Å²) in [6.07, 6.45) is 40.6. The number of aliphatic hydroxyl groups excluding tert-OH is 2. The van der Waals surface area contributed by atoms with Crippen LogP contribution in [0.3, 0.4) is 0 Å². The summed E-state index contributed by atoms with van der Waals surface area (Å²) < 4.78 is 28.2. The van der Waals surface area contributed by atoms with Crippen LogP contribution in [0, 0.1) is 0 Å². The van der Waals surface area contributed by atoms with Crippen molar-refractivity contribution in [1.29, 1.82) is 0 Å². The highest BCUT2D eigenvalue weighted by Crippen LogP contribution is 2.26. The normalized spacial score (nSPS) is 19.4. The maximum Gasteiger partial charge on any atom is 0.335 e. The van der Waals surface area contributed by atoms with Crippen LogP contribution in [0.2, 0.25) is 0 Å². The molecule has 6 atom stereocenters. The Bertz CT molecular complexity index is 1450. The summed E-state index contributed by atoms with van der Waals surface area (Å²) in [6.45, 7) is 5.70. The van der Waals surface area contributed by atoms with Crippen molar-refractivity contribution in [1.82, 2.24) is 0 Å². The van der Waals surface area contributed by atoms with Crippen LogP contribution in [0.15, 0.2) is 72.9 Å². The van der Waals surface area contributed by atoms with Crippen molar-refractivity contribution in [2.24, 2.45) is 0 Å². The van der Waals surface area contributed by atoms with Gasteiger partial charge in [0.1, 0.15) is 18.8 Å². The molecule has 0 amide bonds. The number of ether oxygens (including phenoxy) is 5. The summed E-state index contributed by atoms with van der Waals surface area (Å²) >= 11 is 0. The molecule has 0 aromatic rings. The van der Waals surface area contributed by atoms with E-state index in [4.69, 9.17) is 23.7 Å². The molecule has 382 valence electrons. The van der Waals surface area contributed by atoms with E-state index in [1.54, 1.807) is 0 Å². The molecule has 12 nitrogen and oxygen atoms in total. The van der Waals surface area contributed by atoms with Gasteiger partial charge in [0.05, 0.1) is 6.61 Å². The minimum absolute atomic E-state index is 0.0403. The van der Waals surface area contributed by atoms with Crippen LogP contribution in [-0.4, -0.2) is 89.2 Å². The molecule has 67 heavy (non-hydrogen) atoms. The molecule has 1 rings (SSSR count). The molecule has 1 heterocycles. The second-order valence-corrected chi connectivity index (χ2v) is 17.4. The van der Waals surface area contributed by atoms with Crippen LogP contribution < -0.4 is 0 Å². The zero-order valence-electron chi connectivity index (χ0n) is 41.6. The molecule has 0 radical (unpaired) electrons. The molecule has 0 aliphatic carbocycles. The summed E-state index contributed by atoms with van der Waals surface area (Å²) in [5.74, 6) is -3.26. The predicted octanol–water partition coefficient (Wildman–Crippen LogP) is 12.2. The fraction of sp³-hybridized carbons (Fsp3) is 0.709. The van der Waals surface area contributed by atoms with Gasteiger partial charge in [0.25, 0.3) is 0 Å². The SMILES string of the molecule is CC/C=C\C/C=C\C/C=C\C/C=C\CCC(=O)OCC(COC1OC(C(=O)O)C(O)C(O)C1OC(=O)CCCCCCC/C=C\CCCC)OC(=O)CCCCCCC/C=C\CCCCCC. The van der Waals surface area contributed by atoms with Crippen molar-refractivity contribution in [3.8, 4) is 0 Å². The molecular weight excluding hydrogens is 853 g/mol. The molecule has 0 aromatic heterocycles. The molecule has 0 bridgehead atoms. The molecule has 6 unspecified atom stereocenters. The molecule has 12 heteroatoms. The number of carbonyl (C=O) groups excluding carboxylic acids is 3. The number of allylic oxidation sites excluding steroid dienone is 12. The third-order valence-electron chi connectivity index (χ3n) is 11.3. The summed E-state index contributed by atoms with van der Waals surface area (Å²) in [7, 11) is 0. The number of carboxylic acid groups (broad SMARTS) is 1. The van der Waals surface area contributed by atoms with E-state index in [0.29, 0.717) is 19.3 Å². The second kappa shape index (κ2) is 43.4. The first-order chi connectivity index (χ1) is 32.6. The fourth-order valence-corrected chi connectivity index (χ4v) is 7.24. The highest BCUT2D eigenvalue weighted by atomic mass is 16.7. The molecule has 1 saturated heterocycles. The van der Waals surface area contributed by atoms with E-state index < -0.39 is 67.3 Å². The van der Waals surface area contributed by atoms with Gasteiger partial charge in [0.15, 0.2) is 24.6 Å². The van der Waals surface area contributed by atoms with Crippen molar-refractivity contribution in [2.75, 3.05) is 13.2 Å². The first-order valence-corrected chi connectivity index (χ1v) is 25.9. The first kappa shape index (κ1) is 61.2. The lowest BCUT2D eigenvalue weighted by atomic mass is 9.98. The molecule has 0 aromatic carbocycles. The number of esters is 3. The Morgan fingerprint density at radius 2 is 0.985 bits per heavy atom. The van der Waals surface area contributed by atoms with Gasteiger partial charge in [-0.3, -0.25) is 14.4 Å². The minimum atomic E-state index is -1.91. The number of rotatable bonds is 42. The van der Waals surface area contributed by atoms with Gasteiger partial charge in [-0.15, -0.1) is 0 Å². The van der Waals surface area contributed by atoms with E-state index in [2.05, 4.69) is 81.5 Å². The Morgan fingerprint density at radius 3 is 1.54 bits per heavy atom. The van der Waals surface area contributed by atoms with Crippen LogP contribution in [0.25, 0.3) is 0 Å². The van der Waals surface area contributed by atoms with Crippen LogP contribution in [0.4, 0.5) is 0 Å². The molecule has 1 fully saturated rings. The highest BCUT2D eigenvalue weighted by molar-refractivity contribution is 5.74. The van der Waals surface area contributed by atoms with Gasteiger partial charge in [-0.25, -0.2) is 4.79 Å². The topological polar surface area (TPSA) is 175 Å². The van der Waals surface area contributed by atoms with E-state index in [1.807, 2.05) is 12.2 Å². The van der Waals surface area contributed by atoms with Crippen molar-refractivity contribution >= 4 is 23.9 Å². The molecule has 1 aliphatic heterocycles. The lowest BCUT2D eigenvalue weighted by Gasteiger charge is -2.40. The maximum atomic E-state index is 13.1.